The third kappa shape index (κ3) is 3.33. The molecule has 1 spiro atoms. The van der Waals surface area contributed by atoms with E-state index in [0.29, 0.717) is 17.6 Å². The molecule has 4 aliphatic rings. The van der Waals surface area contributed by atoms with Crippen LogP contribution in [0.5, 0.6) is 0 Å². The fourth-order valence-corrected chi connectivity index (χ4v) is 7.13. The van der Waals surface area contributed by atoms with Crippen molar-refractivity contribution in [1.82, 2.24) is 0 Å². The summed E-state index contributed by atoms with van der Waals surface area (Å²) in [6, 6.07) is 0. The summed E-state index contributed by atoms with van der Waals surface area (Å²) >= 11 is 0. The fraction of sp³-hybridized carbons (Fsp3) is 0.667. The Morgan fingerprint density at radius 2 is 1.94 bits per heavy atom. The summed E-state index contributed by atoms with van der Waals surface area (Å²) < 4.78 is 11.0. The molecule has 0 saturated heterocycles. The zero-order chi connectivity index (χ0) is 26.1. The van der Waals surface area contributed by atoms with E-state index in [1.807, 2.05) is 13.8 Å². The molecule has 0 unspecified atom stereocenters. The normalized spacial score (nSPS) is 44.3. The van der Waals surface area contributed by atoms with Gasteiger partial charge in [0.05, 0.1) is 5.41 Å². The lowest BCUT2D eigenvalue weighted by Crippen LogP contribution is -2.66. The number of carbonyl (C=O) groups is 3. The number of aliphatic hydroxyl groups excluding tert-OH is 2. The molecule has 8 heteroatoms. The molecule has 0 amide bonds. The lowest BCUT2D eigenvalue weighted by molar-refractivity contribution is -0.202. The van der Waals surface area contributed by atoms with Crippen LogP contribution in [0.3, 0.4) is 0 Å². The highest BCUT2D eigenvalue weighted by molar-refractivity contribution is 5.96. The molecule has 9 atom stereocenters. The Kier molecular flexibility index (Phi) is 6.18. The number of allylic oxidation sites excluding steroid dienone is 2. The summed E-state index contributed by atoms with van der Waals surface area (Å²) in [5, 5.41) is 34.3. The van der Waals surface area contributed by atoms with Gasteiger partial charge in [-0.1, -0.05) is 32.1 Å². The van der Waals surface area contributed by atoms with Gasteiger partial charge in [0.15, 0.2) is 17.5 Å². The first-order chi connectivity index (χ1) is 16.3. The number of hydrogen-bond acceptors (Lipinski definition) is 8. The van der Waals surface area contributed by atoms with E-state index in [1.54, 1.807) is 39.0 Å². The molecule has 35 heavy (non-hydrogen) atoms. The first-order valence-electron chi connectivity index (χ1n) is 12.2. The van der Waals surface area contributed by atoms with Crippen LogP contribution in [0.4, 0.5) is 0 Å². The first-order valence-corrected chi connectivity index (χ1v) is 12.2. The number of ether oxygens (including phenoxy) is 2. The maximum Gasteiger partial charge on any atom is 0.334 e. The van der Waals surface area contributed by atoms with E-state index in [1.165, 1.54) is 6.92 Å². The third-order valence-corrected chi connectivity index (χ3v) is 9.27. The van der Waals surface area contributed by atoms with E-state index >= 15 is 0 Å². The first kappa shape index (κ1) is 25.8. The van der Waals surface area contributed by atoms with E-state index in [2.05, 4.69) is 0 Å². The number of carbonyl (C=O) groups excluding carboxylic acids is 3. The average molecular weight is 489 g/mol. The minimum Gasteiger partial charge on any atom is -0.461 e. The van der Waals surface area contributed by atoms with Gasteiger partial charge in [0.1, 0.15) is 12.7 Å². The van der Waals surface area contributed by atoms with Gasteiger partial charge in [-0.25, -0.2) is 4.79 Å². The van der Waals surface area contributed by atoms with Crippen molar-refractivity contribution in [3.63, 3.8) is 0 Å². The highest BCUT2D eigenvalue weighted by Gasteiger charge is 2.77. The Morgan fingerprint density at radius 1 is 1.29 bits per heavy atom. The van der Waals surface area contributed by atoms with Crippen molar-refractivity contribution >= 4 is 17.7 Å². The number of hydrogen-bond donors (Lipinski definition) is 3. The Bertz CT molecular complexity index is 1060. The molecule has 0 heterocycles. The summed E-state index contributed by atoms with van der Waals surface area (Å²) in [4.78, 5) is 38.8. The molecular formula is C27H36O8. The van der Waals surface area contributed by atoms with E-state index in [4.69, 9.17) is 9.47 Å². The Hall–Kier alpha value is -2.29. The summed E-state index contributed by atoms with van der Waals surface area (Å²) in [5.41, 5.74) is -3.16. The minimum absolute atomic E-state index is 0.0436. The number of esters is 2. The van der Waals surface area contributed by atoms with Gasteiger partial charge in [-0.05, 0) is 61.5 Å². The van der Waals surface area contributed by atoms with Crippen LogP contribution in [0, 0.1) is 34.5 Å². The lowest BCUT2D eigenvalue weighted by atomic mass is 9.59. The highest BCUT2D eigenvalue weighted by Crippen LogP contribution is 2.71. The van der Waals surface area contributed by atoms with Crippen LogP contribution in [0.2, 0.25) is 0 Å². The molecule has 0 radical (unpaired) electrons. The van der Waals surface area contributed by atoms with Crippen LogP contribution in [0.15, 0.2) is 34.9 Å². The molecule has 2 fully saturated rings. The molecule has 2 bridgehead atoms. The topological polar surface area (TPSA) is 130 Å². The van der Waals surface area contributed by atoms with Crippen molar-refractivity contribution in [1.29, 1.82) is 0 Å². The van der Waals surface area contributed by atoms with Gasteiger partial charge < -0.3 is 24.8 Å². The van der Waals surface area contributed by atoms with Crippen molar-refractivity contribution in [2.75, 3.05) is 13.2 Å². The van der Waals surface area contributed by atoms with Crippen molar-refractivity contribution in [2.24, 2.45) is 34.5 Å². The monoisotopic (exact) mass is 488 g/mol. The van der Waals surface area contributed by atoms with Crippen molar-refractivity contribution < 1.29 is 39.2 Å². The summed E-state index contributed by atoms with van der Waals surface area (Å²) in [7, 11) is 0. The predicted molar refractivity (Wildman–Crippen MR) is 126 cm³/mol. The number of rotatable bonds is 5. The highest BCUT2D eigenvalue weighted by atomic mass is 16.6. The molecule has 8 nitrogen and oxygen atoms in total. The van der Waals surface area contributed by atoms with E-state index < -0.39 is 52.4 Å². The molecular weight excluding hydrogens is 452 g/mol. The van der Waals surface area contributed by atoms with E-state index in [9.17, 15) is 29.7 Å². The van der Waals surface area contributed by atoms with Gasteiger partial charge in [-0.3, -0.25) is 9.59 Å². The second-order valence-corrected chi connectivity index (χ2v) is 11.1. The van der Waals surface area contributed by atoms with Gasteiger partial charge >= 0.3 is 11.9 Å². The number of aliphatic hydroxyl groups is 3. The second-order valence-electron chi connectivity index (χ2n) is 11.1. The lowest BCUT2D eigenvalue weighted by Gasteiger charge is -2.48. The van der Waals surface area contributed by atoms with Gasteiger partial charge in [-0.2, -0.15) is 0 Å². The maximum absolute atomic E-state index is 14.4. The fourth-order valence-electron chi connectivity index (χ4n) is 7.13. The number of ketones is 1. The van der Waals surface area contributed by atoms with Gasteiger partial charge in [0.2, 0.25) is 0 Å². The van der Waals surface area contributed by atoms with Crippen LogP contribution in [-0.2, 0) is 23.9 Å². The quantitative estimate of drug-likeness (QED) is 0.304. The summed E-state index contributed by atoms with van der Waals surface area (Å²) in [6.45, 7) is 9.63. The van der Waals surface area contributed by atoms with E-state index in [-0.39, 0.29) is 36.4 Å². The van der Waals surface area contributed by atoms with Crippen LogP contribution in [0.1, 0.15) is 48.0 Å². The molecule has 0 aromatic carbocycles. The Morgan fingerprint density at radius 3 is 2.51 bits per heavy atom. The zero-order valence-corrected chi connectivity index (χ0v) is 21.2. The largest absolute Gasteiger partial charge is 0.461 e. The van der Waals surface area contributed by atoms with E-state index in [0.717, 1.165) is 0 Å². The van der Waals surface area contributed by atoms with Crippen LogP contribution < -0.4 is 0 Å². The molecule has 4 rings (SSSR count). The van der Waals surface area contributed by atoms with Gasteiger partial charge in [-0.15, -0.1) is 0 Å². The maximum atomic E-state index is 14.4. The van der Waals surface area contributed by atoms with Crippen LogP contribution in [-0.4, -0.2) is 64.1 Å². The van der Waals surface area contributed by atoms with Gasteiger partial charge in [0, 0.05) is 25.0 Å². The smallest absolute Gasteiger partial charge is 0.334 e. The molecule has 0 aromatic heterocycles. The Balaban J connectivity index is 1.90. The number of fused-ring (bicyclic) bond motifs is 3. The molecule has 3 N–H and O–H groups in total. The standard InChI is InChI=1S/C27H36O8/c1-7-13(2)24(32)35-23-14(3)10-26-15(4)8-19-20(25(19,6)12-28)18(22(26)31)9-17(11-34-16(5)29)21(30)27(23,26)33/h7,9-10,15,18-21,23,28,30,33H,8,11-12H2,1-6H3/b13-7-/t15-,18+,19-,20+,21-,23+,25-,26+,27+/m1/s1. The van der Waals surface area contributed by atoms with Crippen LogP contribution >= 0.6 is 0 Å². The summed E-state index contributed by atoms with van der Waals surface area (Å²) in [5.74, 6) is -2.74. The average Bonchev–Trinajstić information content (AvgIpc) is 3.35. The second kappa shape index (κ2) is 8.39. The minimum atomic E-state index is -2.19. The van der Waals surface area contributed by atoms with Crippen molar-refractivity contribution in [2.45, 2.75) is 65.8 Å². The third-order valence-electron chi connectivity index (χ3n) is 9.27. The summed E-state index contributed by atoms with van der Waals surface area (Å²) in [6.07, 6.45) is 2.54. The van der Waals surface area contributed by atoms with Gasteiger partial charge in [0.25, 0.3) is 0 Å². The molecule has 4 aliphatic carbocycles. The molecule has 192 valence electrons. The zero-order valence-electron chi connectivity index (χ0n) is 21.2. The SMILES string of the molecule is C/C=C(/C)C(=O)O[C@H]1C(C)=C[C@]23C(=O)[C@@H](C=C(COC(C)=O)[C@@H](O)[C@]12O)[C@H]1[C@@H](C[C@H]3C)[C@@]1(C)CO. The number of Topliss-reactive ketones (excluding diaryl/α,β-unsaturated/α-hetero) is 1. The van der Waals surface area contributed by atoms with Crippen LogP contribution in [0.25, 0.3) is 0 Å². The molecule has 0 aromatic rings. The molecule has 2 saturated carbocycles. The molecule has 0 aliphatic heterocycles. The van der Waals surface area contributed by atoms with Crippen molar-refractivity contribution in [3.05, 3.63) is 34.9 Å². The van der Waals surface area contributed by atoms with Crippen molar-refractivity contribution in [3.8, 4) is 0 Å². The Labute approximate surface area is 205 Å². The predicted octanol–water partition coefficient (Wildman–Crippen LogP) is 1.88.